The Balaban J connectivity index is 1.55. The van der Waals surface area contributed by atoms with Crippen molar-refractivity contribution in [2.75, 3.05) is 19.6 Å². The second kappa shape index (κ2) is 5.30. The lowest BCUT2D eigenvalue weighted by Gasteiger charge is -2.42. The number of piperidine rings is 1. The Kier molecular flexibility index (Phi) is 3.80. The molecule has 0 aromatic heterocycles. The second-order valence-corrected chi connectivity index (χ2v) is 7.60. The maximum absolute atomic E-state index is 11.8. The molecule has 3 rings (SSSR count). The SMILES string of the molecule is CC(CN1CCC2(CCCC2)CC1)(NC1CC1)C(N)=O. The molecule has 4 nitrogen and oxygen atoms in total. The molecule has 1 saturated heterocycles. The van der Waals surface area contributed by atoms with Gasteiger partial charge in [0.2, 0.25) is 5.91 Å². The fraction of sp³-hybridized carbons (Fsp3) is 0.938. The van der Waals surface area contributed by atoms with Crippen molar-refractivity contribution in [1.82, 2.24) is 10.2 Å². The van der Waals surface area contributed by atoms with Gasteiger partial charge in [0.25, 0.3) is 0 Å². The molecule has 1 unspecified atom stereocenters. The highest BCUT2D eigenvalue weighted by molar-refractivity contribution is 5.84. The molecule has 2 saturated carbocycles. The van der Waals surface area contributed by atoms with E-state index in [-0.39, 0.29) is 5.91 Å². The lowest BCUT2D eigenvalue weighted by atomic mass is 9.77. The lowest BCUT2D eigenvalue weighted by Crippen LogP contribution is -2.61. The zero-order valence-corrected chi connectivity index (χ0v) is 12.8. The predicted molar refractivity (Wildman–Crippen MR) is 80.3 cm³/mol. The molecule has 114 valence electrons. The molecule has 0 aromatic carbocycles. The quantitative estimate of drug-likeness (QED) is 0.804. The van der Waals surface area contributed by atoms with Crippen LogP contribution in [0.25, 0.3) is 0 Å². The van der Waals surface area contributed by atoms with Crippen molar-refractivity contribution in [3.63, 3.8) is 0 Å². The van der Waals surface area contributed by atoms with Gasteiger partial charge in [-0.1, -0.05) is 12.8 Å². The Morgan fingerprint density at radius 3 is 2.35 bits per heavy atom. The number of primary amides is 1. The maximum Gasteiger partial charge on any atom is 0.238 e. The molecule has 4 heteroatoms. The lowest BCUT2D eigenvalue weighted by molar-refractivity contribution is -0.125. The molecular formula is C16H29N3O. The number of amides is 1. The number of nitrogens with zero attached hydrogens (tertiary/aromatic N) is 1. The minimum Gasteiger partial charge on any atom is -0.368 e. The van der Waals surface area contributed by atoms with E-state index in [2.05, 4.69) is 10.2 Å². The van der Waals surface area contributed by atoms with Gasteiger partial charge in [-0.2, -0.15) is 0 Å². The zero-order chi connectivity index (χ0) is 14.2. The molecule has 2 aliphatic carbocycles. The first kappa shape index (κ1) is 14.3. The van der Waals surface area contributed by atoms with Crippen LogP contribution in [0, 0.1) is 5.41 Å². The van der Waals surface area contributed by atoms with Crippen LogP contribution < -0.4 is 11.1 Å². The number of likely N-dealkylation sites (tertiary alicyclic amines) is 1. The first-order valence-corrected chi connectivity index (χ1v) is 8.31. The van der Waals surface area contributed by atoms with E-state index in [1.54, 1.807) is 0 Å². The van der Waals surface area contributed by atoms with E-state index in [9.17, 15) is 4.79 Å². The summed E-state index contributed by atoms with van der Waals surface area (Å²) in [5, 5.41) is 3.46. The Bertz CT molecular complexity index is 364. The highest BCUT2D eigenvalue weighted by Crippen LogP contribution is 2.46. The van der Waals surface area contributed by atoms with Crippen molar-refractivity contribution in [3.05, 3.63) is 0 Å². The summed E-state index contributed by atoms with van der Waals surface area (Å²) in [6.45, 7) is 5.02. The number of carbonyl (C=O) groups excluding carboxylic acids is 1. The third-order valence-electron chi connectivity index (χ3n) is 5.76. The Hall–Kier alpha value is -0.610. The molecule has 3 N–H and O–H groups in total. The number of nitrogens with two attached hydrogens (primary N) is 1. The second-order valence-electron chi connectivity index (χ2n) is 7.60. The van der Waals surface area contributed by atoms with E-state index < -0.39 is 5.54 Å². The van der Waals surface area contributed by atoms with Crippen LogP contribution in [0.1, 0.15) is 58.3 Å². The number of hydrogen-bond donors (Lipinski definition) is 2. The summed E-state index contributed by atoms with van der Waals surface area (Å²) in [4.78, 5) is 14.3. The van der Waals surface area contributed by atoms with Crippen molar-refractivity contribution in [1.29, 1.82) is 0 Å². The summed E-state index contributed by atoms with van der Waals surface area (Å²) in [5.74, 6) is -0.203. The fourth-order valence-electron chi connectivity index (χ4n) is 4.13. The minimum absolute atomic E-state index is 0.203. The van der Waals surface area contributed by atoms with Crippen LogP contribution in [0.4, 0.5) is 0 Å². The smallest absolute Gasteiger partial charge is 0.238 e. The molecule has 1 amide bonds. The molecule has 3 aliphatic rings. The summed E-state index contributed by atoms with van der Waals surface area (Å²) in [5.41, 5.74) is 5.74. The Labute approximate surface area is 122 Å². The van der Waals surface area contributed by atoms with Crippen molar-refractivity contribution < 1.29 is 4.79 Å². The van der Waals surface area contributed by atoms with E-state index in [0.717, 1.165) is 19.6 Å². The largest absolute Gasteiger partial charge is 0.368 e. The van der Waals surface area contributed by atoms with Crippen molar-refractivity contribution in [3.8, 4) is 0 Å². The number of nitrogens with one attached hydrogen (secondary N) is 1. The summed E-state index contributed by atoms with van der Waals surface area (Å²) < 4.78 is 0. The summed E-state index contributed by atoms with van der Waals surface area (Å²) in [6.07, 6.45) is 10.7. The van der Waals surface area contributed by atoms with Crippen LogP contribution in [0.15, 0.2) is 0 Å². The monoisotopic (exact) mass is 279 g/mol. The number of carbonyl (C=O) groups is 1. The van der Waals surface area contributed by atoms with Gasteiger partial charge < -0.3 is 10.6 Å². The van der Waals surface area contributed by atoms with Crippen molar-refractivity contribution >= 4 is 5.91 Å². The third-order valence-corrected chi connectivity index (χ3v) is 5.76. The van der Waals surface area contributed by atoms with Gasteiger partial charge in [0.1, 0.15) is 5.54 Å². The van der Waals surface area contributed by atoms with Crippen LogP contribution in [0.2, 0.25) is 0 Å². The van der Waals surface area contributed by atoms with Gasteiger partial charge in [-0.15, -0.1) is 0 Å². The van der Waals surface area contributed by atoms with Crippen LogP contribution >= 0.6 is 0 Å². The molecule has 0 aromatic rings. The summed E-state index contributed by atoms with van der Waals surface area (Å²) in [7, 11) is 0. The standard InChI is InChI=1S/C16H29N3O/c1-15(14(17)20,18-13-4-5-13)12-19-10-8-16(9-11-19)6-2-3-7-16/h13,18H,2-12H2,1H3,(H2,17,20). The van der Waals surface area contributed by atoms with Crippen LogP contribution in [0.5, 0.6) is 0 Å². The Morgan fingerprint density at radius 1 is 1.25 bits per heavy atom. The van der Waals surface area contributed by atoms with E-state index in [1.165, 1.54) is 51.4 Å². The van der Waals surface area contributed by atoms with E-state index in [1.807, 2.05) is 6.92 Å². The molecular weight excluding hydrogens is 250 g/mol. The van der Waals surface area contributed by atoms with Crippen molar-refractivity contribution in [2.45, 2.75) is 69.9 Å². The molecule has 20 heavy (non-hydrogen) atoms. The topological polar surface area (TPSA) is 58.4 Å². The Morgan fingerprint density at radius 2 is 1.85 bits per heavy atom. The molecule has 1 heterocycles. The summed E-state index contributed by atoms with van der Waals surface area (Å²) >= 11 is 0. The highest BCUT2D eigenvalue weighted by atomic mass is 16.1. The maximum atomic E-state index is 11.8. The molecule has 1 atom stereocenters. The van der Waals surface area contributed by atoms with Gasteiger partial charge in [-0.05, 0) is 64.0 Å². The van der Waals surface area contributed by atoms with Crippen LogP contribution in [-0.4, -0.2) is 42.0 Å². The average molecular weight is 279 g/mol. The van der Waals surface area contributed by atoms with Gasteiger partial charge >= 0.3 is 0 Å². The molecule has 1 spiro atoms. The van der Waals surface area contributed by atoms with Gasteiger partial charge in [-0.25, -0.2) is 0 Å². The molecule has 1 aliphatic heterocycles. The van der Waals surface area contributed by atoms with Crippen LogP contribution in [0.3, 0.4) is 0 Å². The van der Waals surface area contributed by atoms with E-state index in [4.69, 9.17) is 5.73 Å². The van der Waals surface area contributed by atoms with Crippen molar-refractivity contribution in [2.24, 2.45) is 11.1 Å². The number of rotatable bonds is 5. The van der Waals surface area contributed by atoms with Gasteiger partial charge in [-0.3, -0.25) is 10.1 Å². The van der Waals surface area contributed by atoms with Gasteiger partial charge in [0.05, 0.1) is 0 Å². The fourth-order valence-corrected chi connectivity index (χ4v) is 4.13. The first-order chi connectivity index (χ1) is 9.51. The minimum atomic E-state index is -0.554. The predicted octanol–water partition coefficient (Wildman–Crippen LogP) is 1.64. The normalized spacial score (nSPS) is 29.4. The first-order valence-electron chi connectivity index (χ1n) is 8.31. The molecule has 3 fully saturated rings. The van der Waals surface area contributed by atoms with E-state index in [0.29, 0.717) is 11.5 Å². The highest BCUT2D eigenvalue weighted by Gasteiger charge is 2.41. The number of hydrogen-bond acceptors (Lipinski definition) is 3. The third kappa shape index (κ3) is 3.01. The summed E-state index contributed by atoms with van der Waals surface area (Å²) in [6, 6.07) is 0.512. The van der Waals surface area contributed by atoms with Gasteiger partial charge in [0.15, 0.2) is 0 Å². The van der Waals surface area contributed by atoms with Gasteiger partial charge in [0, 0.05) is 12.6 Å². The average Bonchev–Trinajstić information content (AvgIpc) is 3.10. The van der Waals surface area contributed by atoms with E-state index >= 15 is 0 Å². The molecule has 0 bridgehead atoms. The zero-order valence-electron chi connectivity index (χ0n) is 12.8. The van der Waals surface area contributed by atoms with Crippen LogP contribution in [-0.2, 0) is 4.79 Å². The molecule has 0 radical (unpaired) electrons.